The van der Waals surface area contributed by atoms with Crippen molar-refractivity contribution in [1.82, 2.24) is 29.2 Å². The Morgan fingerprint density at radius 3 is 2.50 bits per heavy atom. The molecule has 5 heterocycles. The highest BCUT2D eigenvalue weighted by atomic mass is 32.2. The van der Waals surface area contributed by atoms with Crippen LogP contribution in [-0.2, 0) is 22.4 Å². The molecule has 3 aromatic heterocycles. The molecule has 3 aromatic rings. The number of nitrogens with zero attached hydrogens (tertiary/aromatic N) is 7. The normalized spacial score (nSPS) is 18.9. The highest BCUT2D eigenvalue weighted by molar-refractivity contribution is 7.79. The molecular weight excluding hydrogens is 458 g/mol. The van der Waals surface area contributed by atoms with Gasteiger partial charge in [-0.05, 0) is 6.07 Å². The van der Waals surface area contributed by atoms with Gasteiger partial charge in [-0.15, -0.1) is 0 Å². The maximum atomic E-state index is 11.1. The number of morpholine rings is 1. The molecule has 1 atom stereocenters. The molecule has 2 saturated heterocycles. The molecule has 0 aliphatic carbocycles. The minimum atomic E-state index is -1.79. The van der Waals surface area contributed by atoms with Crippen LogP contribution in [0, 0.1) is 0 Å². The van der Waals surface area contributed by atoms with Crippen LogP contribution in [0.15, 0.2) is 30.7 Å². The molecule has 0 bridgehead atoms. The predicted octanol–water partition coefficient (Wildman–Crippen LogP) is 0.933. The fourth-order valence-corrected chi connectivity index (χ4v) is 4.92. The summed E-state index contributed by atoms with van der Waals surface area (Å²) in [7, 11) is 1.60. The van der Waals surface area contributed by atoms with E-state index in [-0.39, 0.29) is 5.88 Å². The Hall–Kier alpha value is -2.64. The van der Waals surface area contributed by atoms with Crippen LogP contribution in [0.2, 0.25) is 0 Å². The van der Waals surface area contributed by atoms with Crippen molar-refractivity contribution in [2.45, 2.75) is 6.54 Å². The van der Waals surface area contributed by atoms with Gasteiger partial charge < -0.3 is 23.3 Å². The molecule has 1 N–H and O–H groups in total. The summed E-state index contributed by atoms with van der Waals surface area (Å²) in [6.07, 6.45) is 5.83. The molecule has 34 heavy (non-hydrogen) atoms. The molecule has 2 fully saturated rings. The summed E-state index contributed by atoms with van der Waals surface area (Å²) in [5.74, 6) is 1.62. The van der Waals surface area contributed by atoms with E-state index in [0.29, 0.717) is 19.1 Å². The molecule has 182 valence electrons. The lowest BCUT2D eigenvalue weighted by Gasteiger charge is -2.33. The average Bonchev–Trinajstić information content (AvgIpc) is 3.27. The summed E-state index contributed by atoms with van der Waals surface area (Å²) in [6, 6.07) is 3.79. The molecule has 0 aromatic carbocycles. The summed E-state index contributed by atoms with van der Waals surface area (Å²) in [5.41, 5.74) is 3.53. The molecule has 0 saturated carbocycles. The smallest absolute Gasteiger partial charge is 0.212 e. The number of hydrogen-bond acceptors (Lipinski definition) is 9. The van der Waals surface area contributed by atoms with Crippen molar-refractivity contribution in [3.8, 4) is 17.1 Å². The first-order chi connectivity index (χ1) is 16.6. The van der Waals surface area contributed by atoms with Crippen molar-refractivity contribution in [1.29, 1.82) is 0 Å². The first-order valence-electron chi connectivity index (χ1n) is 11.3. The van der Waals surface area contributed by atoms with Gasteiger partial charge in [0.15, 0.2) is 22.5 Å². The zero-order chi connectivity index (χ0) is 23.5. The summed E-state index contributed by atoms with van der Waals surface area (Å²) in [4.78, 5) is 20.8. The Kier molecular flexibility index (Phi) is 7.02. The number of pyridine rings is 1. The Balaban J connectivity index is 1.42. The van der Waals surface area contributed by atoms with Crippen molar-refractivity contribution in [2.75, 3.05) is 70.4 Å². The molecule has 5 rings (SSSR count). The summed E-state index contributed by atoms with van der Waals surface area (Å²) < 4.78 is 33.0. The Bertz CT molecular complexity index is 1140. The molecule has 11 nitrogen and oxygen atoms in total. The maximum absolute atomic E-state index is 11.1. The summed E-state index contributed by atoms with van der Waals surface area (Å²) in [6.45, 7) is 6.80. The van der Waals surface area contributed by atoms with E-state index in [4.69, 9.17) is 24.0 Å². The number of aromatic nitrogens is 4. The van der Waals surface area contributed by atoms with Crippen LogP contribution in [0.3, 0.4) is 0 Å². The van der Waals surface area contributed by atoms with Gasteiger partial charge in [-0.2, -0.15) is 0 Å². The molecule has 1 unspecified atom stereocenters. The van der Waals surface area contributed by atoms with E-state index < -0.39 is 11.1 Å². The zero-order valence-electron chi connectivity index (χ0n) is 19.2. The van der Waals surface area contributed by atoms with Crippen LogP contribution in [-0.4, -0.2) is 103 Å². The molecule has 2 aliphatic heterocycles. The van der Waals surface area contributed by atoms with Gasteiger partial charge in [0.25, 0.3) is 0 Å². The monoisotopic (exact) mass is 487 g/mol. The average molecular weight is 488 g/mol. The van der Waals surface area contributed by atoms with Gasteiger partial charge in [0, 0.05) is 76.0 Å². The fourth-order valence-electron chi connectivity index (χ4n) is 4.35. The number of rotatable bonds is 7. The minimum absolute atomic E-state index is 0.208. The van der Waals surface area contributed by atoms with Gasteiger partial charge >= 0.3 is 0 Å². The van der Waals surface area contributed by atoms with Crippen molar-refractivity contribution in [2.24, 2.45) is 0 Å². The van der Waals surface area contributed by atoms with Gasteiger partial charge in [-0.3, -0.25) is 9.80 Å². The largest absolute Gasteiger partial charge is 0.481 e. The number of piperazine rings is 1. The third-order valence-corrected chi connectivity index (χ3v) is 6.75. The maximum Gasteiger partial charge on any atom is 0.212 e. The van der Waals surface area contributed by atoms with Gasteiger partial charge in [0.2, 0.25) is 5.88 Å². The third-order valence-electron chi connectivity index (χ3n) is 6.17. The highest BCUT2D eigenvalue weighted by Crippen LogP contribution is 2.26. The minimum Gasteiger partial charge on any atom is -0.481 e. The third kappa shape index (κ3) is 5.20. The van der Waals surface area contributed by atoms with Gasteiger partial charge in [0.1, 0.15) is 5.88 Å². The number of anilines is 1. The SMILES string of the molecule is COc1ccc(-c2cn3cc(CN4CCN(CS(=O)O)CC4)nc3c(N3CCOCC3)n2)cn1. The first kappa shape index (κ1) is 23.1. The van der Waals surface area contributed by atoms with Crippen molar-refractivity contribution < 1.29 is 18.2 Å². The quantitative estimate of drug-likeness (QED) is 0.484. The number of hydrogen-bond donors (Lipinski definition) is 1. The van der Waals surface area contributed by atoms with E-state index in [1.165, 1.54) is 0 Å². The Labute approximate surface area is 200 Å². The van der Waals surface area contributed by atoms with E-state index in [2.05, 4.69) is 25.4 Å². The van der Waals surface area contributed by atoms with E-state index in [1.807, 2.05) is 23.2 Å². The Morgan fingerprint density at radius 1 is 1.06 bits per heavy atom. The van der Waals surface area contributed by atoms with Crippen LogP contribution < -0.4 is 9.64 Å². The van der Waals surface area contributed by atoms with Crippen LogP contribution in [0.25, 0.3) is 16.9 Å². The molecule has 0 radical (unpaired) electrons. The fraction of sp³-hybridized carbons (Fsp3) is 0.500. The van der Waals surface area contributed by atoms with Crippen molar-refractivity contribution >= 4 is 22.5 Å². The Morgan fingerprint density at radius 2 is 1.82 bits per heavy atom. The highest BCUT2D eigenvalue weighted by Gasteiger charge is 2.22. The van der Waals surface area contributed by atoms with Crippen molar-refractivity contribution in [3.05, 3.63) is 36.4 Å². The van der Waals surface area contributed by atoms with E-state index in [9.17, 15) is 4.21 Å². The first-order valence-corrected chi connectivity index (χ1v) is 12.6. The predicted molar refractivity (Wildman–Crippen MR) is 128 cm³/mol. The second-order valence-corrected chi connectivity index (χ2v) is 9.35. The number of fused-ring (bicyclic) bond motifs is 1. The van der Waals surface area contributed by atoms with Gasteiger partial charge in [-0.25, -0.2) is 19.2 Å². The van der Waals surface area contributed by atoms with Crippen LogP contribution >= 0.6 is 0 Å². The van der Waals surface area contributed by atoms with Gasteiger partial charge in [-0.1, -0.05) is 0 Å². The van der Waals surface area contributed by atoms with E-state index in [1.54, 1.807) is 13.3 Å². The topological polar surface area (TPSA) is 109 Å². The number of imidazole rings is 1. The lowest BCUT2D eigenvalue weighted by Crippen LogP contribution is -2.46. The standard InChI is InChI=1S/C22H29N7O4S/c1-32-20-3-2-17(12-23-20)19-15-29-14-18(13-26-4-6-27(7-5-26)16-34(30)31)24-21(29)22(25-19)28-8-10-33-11-9-28/h2-3,12,14-15H,4-11,13,16H2,1H3,(H,30,31). The molecule has 0 amide bonds. The molecule has 12 heteroatoms. The van der Waals surface area contributed by atoms with E-state index >= 15 is 0 Å². The van der Waals surface area contributed by atoms with Gasteiger partial charge in [0.05, 0.1) is 31.7 Å². The lowest BCUT2D eigenvalue weighted by atomic mass is 10.2. The van der Waals surface area contributed by atoms with Crippen LogP contribution in [0.5, 0.6) is 5.88 Å². The lowest BCUT2D eigenvalue weighted by molar-refractivity contribution is 0.122. The zero-order valence-corrected chi connectivity index (χ0v) is 20.0. The number of methoxy groups -OCH3 is 1. The molecule has 2 aliphatic rings. The van der Waals surface area contributed by atoms with E-state index in [0.717, 1.165) is 74.2 Å². The molecule has 0 spiro atoms. The summed E-state index contributed by atoms with van der Waals surface area (Å²) >= 11 is -1.79. The summed E-state index contributed by atoms with van der Waals surface area (Å²) in [5, 5.41) is 0. The molecular formula is C22H29N7O4S. The van der Waals surface area contributed by atoms with Crippen molar-refractivity contribution in [3.63, 3.8) is 0 Å². The number of ether oxygens (including phenoxy) is 2. The second-order valence-electron chi connectivity index (χ2n) is 8.45. The second kappa shape index (κ2) is 10.3. The van der Waals surface area contributed by atoms with Crippen LogP contribution in [0.4, 0.5) is 5.82 Å². The van der Waals surface area contributed by atoms with Crippen LogP contribution in [0.1, 0.15) is 5.69 Å².